The van der Waals surface area contributed by atoms with E-state index in [9.17, 15) is 9.90 Å². The first kappa shape index (κ1) is 23.3. The molecule has 2 aromatic carbocycles. The van der Waals surface area contributed by atoms with E-state index in [1.165, 1.54) is 12.1 Å². The molecule has 1 aliphatic heterocycles. The molecule has 170 valence electrons. The summed E-state index contributed by atoms with van der Waals surface area (Å²) < 4.78 is 11.0. The van der Waals surface area contributed by atoms with Gasteiger partial charge in [-0.2, -0.15) is 5.26 Å². The van der Waals surface area contributed by atoms with Crippen LogP contribution in [-0.2, 0) is 14.3 Å². The lowest BCUT2D eigenvalue weighted by molar-refractivity contribution is -0.134. The summed E-state index contributed by atoms with van der Waals surface area (Å²) in [6, 6.07) is 14.0. The second kappa shape index (κ2) is 10.4. The van der Waals surface area contributed by atoms with Crippen LogP contribution in [0.1, 0.15) is 55.1 Å². The fourth-order valence-corrected chi connectivity index (χ4v) is 4.44. The highest BCUT2D eigenvalue weighted by atomic mass is 35.5. The van der Waals surface area contributed by atoms with Crippen LogP contribution in [-0.4, -0.2) is 29.8 Å². The van der Waals surface area contributed by atoms with E-state index in [0.717, 1.165) is 37.7 Å². The SMILES string of the molecule is N#Cc1ccc(NC(=O)[C@](O)(C#Cc2ccc(C3OCCO3)cc2)C2CCCCC2)cc1Cl. The average molecular weight is 465 g/mol. The molecule has 1 amide bonds. The zero-order chi connectivity index (χ0) is 23.3. The van der Waals surface area contributed by atoms with Crippen molar-refractivity contribution in [3.05, 3.63) is 64.2 Å². The van der Waals surface area contributed by atoms with Crippen molar-refractivity contribution in [2.75, 3.05) is 18.5 Å². The van der Waals surface area contributed by atoms with Crippen molar-refractivity contribution < 1.29 is 19.4 Å². The summed E-state index contributed by atoms with van der Waals surface area (Å²) in [5.41, 5.74) is 0.447. The summed E-state index contributed by atoms with van der Waals surface area (Å²) in [5.74, 6) is 5.00. The number of amides is 1. The molecule has 7 heteroatoms. The lowest BCUT2D eigenvalue weighted by Gasteiger charge is -2.33. The number of carbonyl (C=O) groups is 1. The fourth-order valence-electron chi connectivity index (χ4n) is 4.22. The van der Waals surface area contributed by atoms with E-state index in [1.807, 2.05) is 30.3 Å². The first-order valence-corrected chi connectivity index (χ1v) is 11.5. The molecule has 1 heterocycles. The molecule has 0 aromatic heterocycles. The summed E-state index contributed by atoms with van der Waals surface area (Å²) in [5, 5.41) is 23.5. The zero-order valence-corrected chi connectivity index (χ0v) is 18.9. The Hall–Kier alpha value is -2.87. The quantitative estimate of drug-likeness (QED) is 0.647. The van der Waals surface area contributed by atoms with Gasteiger partial charge >= 0.3 is 0 Å². The Morgan fingerprint density at radius 2 is 1.79 bits per heavy atom. The first-order valence-electron chi connectivity index (χ1n) is 11.1. The number of nitrogens with one attached hydrogen (secondary N) is 1. The Balaban J connectivity index is 1.57. The second-order valence-corrected chi connectivity index (χ2v) is 8.71. The van der Waals surface area contributed by atoms with Crippen LogP contribution in [0.2, 0.25) is 5.02 Å². The molecule has 1 saturated heterocycles. The molecule has 2 aromatic rings. The Kier molecular flexibility index (Phi) is 7.33. The molecule has 4 rings (SSSR count). The summed E-state index contributed by atoms with van der Waals surface area (Å²) in [6.07, 6.45) is 4.06. The van der Waals surface area contributed by atoms with Gasteiger partial charge in [-0.05, 0) is 43.2 Å². The van der Waals surface area contributed by atoms with Crippen molar-refractivity contribution in [3.8, 4) is 17.9 Å². The van der Waals surface area contributed by atoms with Gasteiger partial charge < -0.3 is 19.9 Å². The minimum Gasteiger partial charge on any atom is -0.369 e. The third-order valence-corrected chi connectivity index (χ3v) is 6.40. The van der Waals surface area contributed by atoms with Gasteiger partial charge in [-0.1, -0.05) is 54.8 Å². The molecular weight excluding hydrogens is 440 g/mol. The molecule has 1 aliphatic carbocycles. The Labute approximate surface area is 198 Å². The number of carbonyl (C=O) groups excluding carboxylic acids is 1. The van der Waals surface area contributed by atoms with Crippen LogP contribution in [0.15, 0.2) is 42.5 Å². The van der Waals surface area contributed by atoms with Crippen molar-refractivity contribution in [2.45, 2.75) is 44.0 Å². The van der Waals surface area contributed by atoms with E-state index in [0.29, 0.717) is 30.0 Å². The van der Waals surface area contributed by atoms with Crippen LogP contribution in [0, 0.1) is 29.1 Å². The molecule has 0 radical (unpaired) electrons. The second-order valence-electron chi connectivity index (χ2n) is 8.31. The molecule has 2 N–H and O–H groups in total. The van der Waals surface area contributed by atoms with E-state index in [-0.39, 0.29) is 17.2 Å². The van der Waals surface area contributed by atoms with Gasteiger partial charge in [0.05, 0.1) is 23.8 Å². The highest BCUT2D eigenvalue weighted by Gasteiger charge is 2.43. The van der Waals surface area contributed by atoms with Crippen LogP contribution >= 0.6 is 11.6 Å². The minimum absolute atomic E-state index is 0.234. The van der Waals surface area contributed by atoms with Crippen molar-refractivity contribution >= 4 is 23.2 Å². The molecular formula is C26H25ClN2O4. The summed E-state index contributed by atoms with van der Waals surface area (Å²) in [4.78, 5) is 13.2. The van der Waals surface area contributed by atoms with Crippen LogP contribution in [0.4, 0.5) is 5.69 Å². The molecule has 1 atom stereocenters. The van der Waals surface area contributed by atoms with Gasteiger partial charge in [-0.15, -0.1) is 0 Å². The molecule has 6 nitrogen and oxygen atoms in total. The van der Waals surface area contributed by atoms with Crippen molar-refractivity contribution in [1.82, 2.24) is 0 Å². The van der Waals surface area contributed by atoms with E-state index in [1.54, 1.807) is 6.07 Å². The number of rotatable bonds is 4. The zero-order valence-electron chi connectivity index (χ0n) is 18.1. The minimum atomic E-state index is -1.85. The number of hydrogen-bond acceptors (Lipinski definition) is 5. The van der Waals surface area contributed by atoms with Crippen LogP contribution in [0.25, 0.3) is 0 Å². The molecule has 0 bridgehead atoms. The summed E-state index contributed by atoms with van der Waals surface area (Å²) >= 11 is 6.09. The normalized spacial score (nSPS) is 18.6. The van der Waals surface area contributed by atoms with E-state index < -0.39 is 11.5 Å². The molecule has 1 saturated carbocycles. The summed E-state index contributed by atoms with van der Waals surface area (Å²) in [6.45, 7) is 1.14. The largest absolute Gasteiger partial charge is 0.369 e. The number of anilines is 1. The van der Waals surface area contributed by atoms with Gasteiger partial charge in [0, 0.05) is 22.7 Å². The topological polar surface area (TPSA) is 91.6 Å². The van der Waals surface area contributed by atoms with Crippen LogP contribution < -0.4 is 5.32 Å². The van der Waals surface area contributed by atoms with Gasteiger partial charge in [-0.3, -0.25) is 4.79 Å². The van der Waals surface area contributed by atoms with E-state index in [4.69, 9.17) is 26.3 Å². The van der Waals surface area contributed by atoms with Gasteiger partial charge in [-0.25, -0.2) is 0 Å². The van der Waals surface area contributed by atoms with Gasteiger partial charge in [0.1, 0.15) is 6.07 Å². The Morgan fingerprint density at radius 1 is 1.09 bits per heavy atom. The first-order chi connectivity index (χ1) is 16.0. The standard InChI is InChI=1S/C26H25ClN2O4/c27-23-16-22(11-10-20(23)17-28)29-25(30)26(31,21-4-2-1-3-5-21)13-12-18-6-8-19(9-7-18)24-32-14-15-33-24/h6-11,16,21,24,31H,1-5,14-15H2,(H,29,30)/t26-/m0/s1. The molecule has 2 aliphatic rings. The average Bonchev–Trinajstić information content (AvgIpc) is 3.38. The predicted octanol–water partition coefficient (Wildman–Crippen LogP) is 4.56. The Morgan fingerprint density at radius 3 is 2.42 bits per heavy atom. The van der Waals surface area contributed by atoms with Crippen LogP contribution in [0.5, 0.6) is 0 Å². The highest BCUT2D eigenvalue weighted by Crippen LogP contribution is 2.34. The number of ether oxygens (including phenoxy) is 2. The van der Waals surface area contributed by atoms with Gasteiger partial charge in [0.2, 0.25) is 5.60 Å². The fraction of sp³-hybridized carbons (Fsp3) is 0.385. The lowest BCUT2D eigenvalue weighted by Crippen LogP contribution is -2.48. The number of benzene rings is 2. The molecule has 0 unspecified atom stereocenters. The highest BCUT2D eigenvalue weighted by molar-refractivity contribution is 6.32. The van der Waals surface area contributed by atoms with Crippen LogP contribution in [0.3, 0.4) is 0 Å². The van der Waals surface area contributed by atoms with Crippen molar-refractivity contribution in [1.29, 1.82) is 5.26 Å². The third-order valence-electron chi connectivity index (χ3n) is 6.09. The molecule has 2 fully saturated rings. The van der Waals surface area contributed by atoms with Crippen molar-refractivity contribution in [2.24, 2.45) is 5.92 Å². The maximum absolute atomic E-state index is 13.2. The van der Waals surface area contributed by atoms with Gasteiger partial charge in [0.25, 0.3) is 5.91 Å². The number of aliphatic hydroxyl groups is 1. The number of hydrogen-bond donors (Lipinski definition) is 2. The predicted molar refractivity (Wildman–Crippen MR) is 124 cm³/mol. The summed E-state index contributed by atoms with van der Waals surface area (Å²) in [7, 11) is 0. The van der Waals surface area contributed by atoms with E-state index in [2.05, 4.69) is 17.2 Å². The maximum Gasteiger partial charge on any atom is 0.269 e. The smallest absolute Gasteiger partial charge is 0.269 e. The maximum atomic E-state index is 13.2. The number of nitriles is 1. The monoisotopic (exact) mass is 464 g/mol. The lowest BCUT2D eigenvalue weighted by atomic mass is 9.76. The number of nitrogens with zero attached hydrogens (tertiary/aromatic N) is 1. The van der Waals surface area contributed by atoms with E-state index >= 15 is 0 Å². The molecule has 0 spiro atoms. The van der Waals surface area contributed by atoms with Crippen molar-refractivity contribution in [3.63, 3.8) is 0 Å². The third kappa shape index (κ3) is 5.38. The van der Waals surface area contributed by atoms with Gasteiger partial charge in [0.15, 0.2) is 6.29 Å². The number of halogens is 1. The molecule has 33 heavy (non-hydrogen) atoms. The Bertz CT molecular complexity index is 1100.